The molecule has 0 aliphatic heterocycles. The number of ether oxygens (including phenoxy) is 1. The Morgan fingerprint density at radius 1 is 0.885 bits per heavy atom. The van der Waals surface area contributed by atoms with Gasteiger partial charge < -0.3 is 20.3 Å². The third kappa shape index (κ3) is 7.75. The minimum Gasteiger partial charge on any atom is -0.497 e. The second-order valence-electron chi connectivity index (χ2n) is 22.4. The zero-order chi connectivity index (χ0) is 44.6. The lowest BCUT2D eigenvalue weighted by molar-refractivity contribution is -0.202. The monoisotopic (exact) mass is 859 g/mol. The summed E-state index contributed by atoms with van der Waals surface area (Å²) in [5.41, 5.74) is 0.555. The Morgan fingerprint density at radius 2 is 1.56 bits per heavy atom. The number of allylic oxidation sites excluding steroid dienone is 2. The van der Waals surface area contributed by atoms with E-state index < -0.39 is 27.6 Å². The molecule has 2 aromatic rings. The molecule has 0 aromatic heterocycles. The molecule has 5 aliphatic rings. The lowest BCUT2D eigenvalue weighted by Crippen LogP contribution is -2.66. The molecule has 9 nitrogen and oxygen atoms in total. The maximum absolute atomic E-state index is 14.8. The Kier molecular flexibility index (Phi) is 12.2. The highest BCUT2D eigenvalue weighted by Crippen LogP contribution is 2.75. The van der Waals surface area contributed by atoms with E-state index in [-0.39, 0.29) is 86.5 Å². The minimum absolute atomic E-state index is 0.0100. The van der Waals surface area contributed by atoms with Crippen LogP contribution in [-0.2, 0) is 26.0 Å². The summed E-state index contributed by atoms with van der Waals surface area (Å²) in [6, 6.07) is 15.3. The van der Waals surface area contributed by atoms with Crippen LogP contribution in [0.1, 0.15) is 126 Å². The number of nitrogens with one attached hydrogen (secondary N) is 1. The number of carbonyl (C=O) groups excluding carboxylic acids is 2. The molecule has 2 aromatic carbocycles. The van der Waals surface area contributed by atoms with Crippen molar-refractivity contribution in [2.45, 2.75) is 150 Å². The molecule has 10 heteroatoms. The molecule has 1 amide bonds. The fourth-order valence-corrected chi connectivity index (χ4v) is 15.8. The standard InChI is InChI=1S/C51H74N2O7S/c1-33(2)30-53(61(58,59)36-18-16-35(60-10)17-19-36)31-41(55)39(28-34-14-12-11-13-15-34)52-45(57)48(6)23-20-37-38-29-40(54)44-49(7)24-22-43(56)46(3,4)42(49)21-25-51(44,9)50(38,8)27-26-47(37,5)32-48/h11-19,29,33,37,39,41-44,55-56H,20-28,30-32H2,1-10H3,(H,52,57)/t37-,39+,41-,42+,43+,44-,47+,48-,49+,50-,51-/m1/s1. The first-order chi connectivity index (χ1) is 28.4. The molecule has 0 bridgehead atoms. The van der Waals surface area contributed by atoms with Gasteiger partial charge >= 0.3 is 0 Å². The number of aliphatic hydroxyl groups excluding tert-OH is 2. The van der Waals surface area contributed by atoms with Crippen molar-refractivity contribution in [2.24, 2.45) is 56.2 Å². The molecule has 0 spiro atoms. The van der Waals surface area contributed by atoms with Crippen LogP contribution in [0, 0.1) is 56.2 Å². The summed E-state index contributed by atoms with van der Waals surface area (Å²) in [6.07, 6.45) is 8.47. The number of benzene rings is 2. The van der Waals surface area contributed by atoms with Crippen LogP contribution in [0.4, 0.5) is 0 Å². The highest BCUT2D eigenvalue weighted by Gasteiger charge is 2.70. The number of sulfonamides is 1. The van der Waals surface area contributed by atoms with Gasteiger partial charge in [-0.1, -0.05) is 98.2 Å². The number of hydrogen-bond donors (Lipinski definition) is 3. The Labute approximate surface area is 366 Å². The zero-order valence-corrected chi connectivity index (χ0v) is 39.4. The lowest BCUT2D eigenvalue weighted by atomic mass is 9.33. The lowest BCUT2D eigenvalue weighted by Gasteiger charge is -2.70. The molecule has 336 valence electrons. The van der Waals surface area contributed by atoms with Crippen molar-refractivity contribution in [3.63, 3.8) is 0 Å². The quantitative estimate of drug-likeness (QED) is 0.195. The highest BCUT2D eigenvalue weighted by molar-refractivity contribution is 7.89. The number of carbonyl (C=O) groups is 2. The van der Waals surface area contributed by atoms with Gasteiger partial charge in [0.25, 0.3) is 0 Å². The fourth-order valence-electron chi connectivity index (χ4n) is 14.2. The third-order valence-corrected chi connectivity index (χ3v) is 19.6. The van der Waals surface area contributed by atoms with E-state index in [1.807, 2.05) is 44.2 Å². The van der Waals surface area contributed by atoms with Crippen LogP contribution >= 0.6 is 0 Å². The van der Waals surface area contributed by atoms with Crippen LogP contribution in [0.15, 0.2) is 71.1 Å². The van der Waals surface area contributed by atoms with Gasteiger partial charge in [0.05, 0.1) is 30.3 Å². The maximum Gasteiger partial charge on any atom is 0.243 e. The van der Waals surface area contributed by atoms with Gasteiger partial charge in [-0.25, -0.2) is 8.42 Å². The Morgan fingerprint density at radius 3 is 2.20 bits per heavy atom. The molecule has 0 saturated heterocycles. The molecule has 5 aliphatic carbocycles. The average molecular weight is 859 g/mol. The van der Waals surface area contributed by atoms with E-state index in [0.29, 0.717) is 25.0 Å². The molecule has 3 N–H and O–H groups in total. The Hall–Kier alpha value is -3.05. The molecule has 61 heavy (non-hydrogen) atoms. The summed E-state index contributed by atoms with van der Waals surface area (Å²) >= 11 is 0. The van der Waals surface area contributed by atoms with E-state index in [1.165, 1.54) is 29.1 Å². The van der Waals surface area contributed by atoms with Crippen molar-refractivity contribution < 1.29 is 33.0 Å². The van der Waals surface area contributed by atoms with Crippen LogP contribution < -0.4 is 10.1 Å². The summed E-state index contributed by atoms with van der Waals surface area (Å²) in [6.45, 7) is 19.9. The third-order valence-electron chi connectivity index (χ3n) is 17.7. The predicted molar refractivity (Wildman–Crippen MR) is 240 cm³/mol. The van der Waals surface area contributed by atoms with E-state index in [2.05, 4.69) is 59.9 Å². The van der Waals surface area contributed by atoms with Crippen LogP contribution in [0.25, 0.3) is 0 Å². The molecule has 0 heterocycles. The second kappa shape index (κ2) is 16.2. The molecular formula is C51H74N2O7S. The molecule has 0 unspecified atom stereocenters. The summed E-state index contributed by atoms with van der Waals surface area (Å²) in [4.78, 5) is 29.7. The van der Waals surface area contributed by atoms with Crippen molar-refractivity contribution in [1.29, 1.82) is 0 Å². The van der Waals surface area contributed by atoms with E-state index in [0.717, 1.165) is 50.5 Å². The smallest absolute Gasteiger partial charge is 0.243 e. The van der Waals surface area contributed by atoms with E-state index >= 15 is 0 Å². The van der Waals surface area contributed by atoms with Crippen LogP contribution in [-0.4, -0.2) is 73.1 Å². The summed E-state index contributed by atoms with van der Waals surface area (Å²) in [7, 11) is -2.46. The van der Waals surface area contributed by atoms with Gasteiger partial charge in [0.1, 0.15) is 5.75 Å². The molecule has 0 radical (unpaired) electrons. The molecule has 7 rings (SSSR count). The van der Waals surface area contributed by atoms with Gasteiger partial charge in [0.2, 0.25) is 15.9 Å². The number of hydrogen-bond acceptors (Lipinski definition) is 7. The van der Waals surface area contributed by atoms with Crippen molar-refractivity contribution in [2.75, 3.05) is 20.2 Å². The van der Waals surface area contributed by atoms with Crippen molar-refractivity contribution in [1.82, 2.24) is 9.62 Å². The van der Waals surface area contributed by atoms with Gasteiger partial charge in [-0.3, -0.25) is 9.59 Å². The van der Waals surface area contributed by atoms with Gasteiger partial charge in [-0.15, -0.1) is 0 Å². The molecule has 4 saturated carbocycles. The number of methoxy groups -OCH3 is 1. The first kappa shape index (κ1) is 46.0. The van der Waals surface area contributed by atoms with E-state index in [4.69, 9.17) is 4.74 Å². The number of ketones is 1. The Bertz CT molecular complexity index is 2100. The van der Waals surface area contributed by atoms with Crippen LogP contribution in [0.3, 0.4) is 0 Å². The summed E-state index contributed by atoms with van der Waals surface area (Å²) in [5, 5.41) is 26.5. The number of nitrogens with zero attached hydrogens (tertiary/aromatic N) is 1. The SMILES string of the molecule is COc1ccc(S(=O)(=O)N(CC(C)C)C[C@@H](O)[C@H](Cc2ccccc2)NC(=O)[C@]2(C)CC[C@@H]3C4=CC(=O)[C@@H]5[C@@]6(C)CC[C@H](O)C(C)(C)[C@@H]6CC[C@@]5(C)[C@]4(C)CC[C@@]3(C)C2)cc1. The molecule has 4 fully saturated rings. The first-order valence-electron chi connectivity index (χ1n) is 23.1. The fraction of sp³-hybridized carbons (Fsp3) is 0.686. The van der Waals surface area contributed by atoms with Crippen molar-refractivity contribution in [3.05, 3.63) is 71.8 Å². The summed E-state index contributed by atoms with van der Waals surface area (Å²) in [5.74, 6) is 1.07. The normalized spacial score (nSPS) is 36.8. The number of aliphatic hydroxyl groups is 2. The van der Waals surface area contributed by atoms with Crippen LogP contribution in [0.2, 0.25) is 0 Å². The minimum atomic E-state index is -3.99. The van der Waals surface area contributed by atoms with E-state index in [9.17, 15) is 28.2 Å². The number of amides is 1. The van der Waals surface area contributed by atoms with Crippen LogP contribution in [0.5, 0.6) is 5.75 Å². The van der Waals surface area contributed by atoms with Gasteiger partial charge in [0, 0.05) is 24.4 Å². The predicted octanol–water partition coefficient (Wildman–Crippen LogP) is 8.77. The second-order valence-corrected chi connectivity index (χ2v) is 24.3. The number of fused-ring (bicyclic) bond motifs is 7. The first-order valence-corrected chi connectivity index (χ1v) is 24.5. The number of rotatable bonds is 12. The Balaban J connectivity index is 1.13. The largest absolute Gasteiger partial charge is 0.497 e. The van der Waals surface area contributed by atoms with Gasteiger partial charge in [0.15, 0.2) is 5.78 Å². The topological polar surface area (TPSA) is 133 Å². The molecular weight excluding hydrogens is 785 g/mol. The van der Waals surface area contributed by atoms with Crippen molar-refractivity contribution in [3.8, 4) is 5.75 Å². The average Bonchev–Trinajstić information content (AvgIpc) is 3.19. The van der Waals surface area contributed by atoms with Crippen molar-refractivity contribution >= 4 is 21.7 Å². The van der Waals surface area contributed by atoms with Gasteiger partial charge in [-0.05, 0) is 145 Å². The summed E-state index contributed by atoms with van der Waals surface area (Å²) < 4.78 is 34.8. The molecule has 11 atom stereocenters. The zero-order valence-electron chi connectivity index (χ0n) is 38.6. The highest BCUT2D eigenvalue weighted by atomic mass is 32.2. The van der Waals surface area contributed by atoms with E-state index in [1.54, 1.807) is 12.1 Å². The maximum atomic E-state index is 14.8. The van der Waals surface area contributed by atoms with Gasteiger partial charge in [-0.2, -0.15) is 4.31 Å².